The number of hydrazine groups is 1. The minimum Gasteiger partial charge on any atom is -0.398 e. The van der Waals surface area contributed by atoms with E-state index in [1.54, 1.807) is 0 Å². The van der Waals surface area contributed by atoms with Gasteiger partial charge < -0.3 is 11.5 Å². The van der Waals surface area contributed by atoms with Crippen LogP contribution >= 0.6 is 0 Å². The van der Waals surface area contributed by atoms with Gasteiger partial charge in [-0.1, -0.05) is 0 Å². The van der Waals surface area contributed by atoms with Crippen LogP contribution in [0.3, 0.4) is 0 Å². The standard InChI is InChI=1S/C7H9FN4O/c8-4-2-5(9)3(1-6(4)10)7(13)12-11/h1-2H,9-11H2,(H,12,13). The third-order valence-corrected chi connectivity index (χ3v) is 1.54. The molecule has 1 rings (SSSR count). The Morgan fingerprint density at radius 3 is 2.46 bits per heavy atom. The second-order valence-corrected chi connectivity index (χ2v) is 2.43. The number of halogens is 1. The molecular formula is C7H9FN4O. The molecule has 6 heteroatoms. The molecule has 0 unspecified atom stereocenters. The zero-order valence-corrected chi connectivity index (χ0v) is 6.67. The minimum absolute atomic E-state index is 0.00495. The molecule has 0 saturated heterocycles. The second kappa shape index (κ2) is 3.28. The molecule has 70 valence electrons. The van der Waals surface area contributed by atoms with E-state index in [9.17, 15) is 9.18 Å². The number of rotatable bonds is 1. The zero-order valence-electron chi connectivity index (χ0n) is 6.67. The van der Waals surface area contributed by atoms with Crippen LogP contribution in [0, 0.1) is 5.82 Å². The maximum absolute atomic E-state index is 12.8. The van der Waals surface area contributed by atoms with Gasteiger partial charge in [0.25, 0.3) is 5.91 Å². The summed E-state index contributed by atoms with van der Waals surface area (Å²) < 4.78 is 12.8. The molecule has 1 amide bonds. The number of amides is 1. The van der Waals surface area contributed by atoms with E-state index in [2.05, 4.69) is 0 Å². The Labute approximate surface area is 73.7 Å². The van der Waals surface area contributed by atoms with Crippen LogP contribution in [0.15, 0.2) is 12.1 Å². The first-order valence-corrected chi connectivity index (χ1v) is 3.41. The fourth-order valence-electron chi connectivity index (χ4n) is 0.880. The Balaban J connectivity index is 3.23. The number of anilines is 2. The van der Waals surface area contributed by atoms with Gasteiger partial charge in [0.1, 0.15) is 5.82 Å². The third kappa shape index (κ3) is 1.67. The largest absolute Gasteiger partial charge is 0.398 e. The van der Waals surface area contributed by atoms with Gasteiger partial charge in [0, 0.05) is 5.69 Å². The van der Waals surface area contributed by atoms with E-state index in [0.717, 1.165) is 12.1 Å². The lowest BCUT2D eigenvalue weighted by Gasteiger charge is -2.05. The van der Waals surface area contributed by atoms with Crippen LogP contribution in [0.25, 0.3) is 0 Å². The molecule has 7 N–H and O–H groups in total. The summed E-state index contributed by atoms with van der Waals surface area (Å²) in [7, 11) is 0. The highest BCUT2D eigenvalue weighted by atomic mass is 19.1. The third-order valence-electron chi connectivity index (χ3n) is 1.54. The fraction of sp³-hybridized carbons (Fsp3) is 0. The van der Waals surface area contributed by atoms with E-state index in [1.165, 1.54) is 0 Å². The molecular weight excluding hydrogens is 175 g/mol. The molecule has 0 radical (unpaired) electrons. The molecule has 0 saturated carbocycles. The van der Waals surface area contributed by atoms with Crippen LogP contribution in [0.1, 0.15) is 10.4 Å². The van der Waals surface area contributed by atoms with Gasteiger partial charge in [-0.25, -0.2) is 10.2 Å². The summed E-state index contributed by atoms with van der Waals surface area (Å²) in [6.45, 7) is 0. The number of nitrogen functional groups attached to an aromatic ring is 3. The van der Waals surface area contributed by atoms with Gasteiger partial charge in [0.15, 0.2) is 0 Å². The van der Waals surface area contributed by atoms with Crippen LogP contribution in [0.2, 0.25) is 0 Å². The van der Waals surface area contributed by atoms with Gasteiger partial charge in [-0.3, -0.25) is 10.2 Å². The van der Waals surface area contributed by atoms with Crippen molar-refractivity contribution >= 4 is 17.3 Å². The number of carbonyl (C=O) groups is 1. The predicted octanol–water partition coefficient (Wildman–Crippen LogP) is -0.406. The van der Waals surface area contributed by atoms with Gasteiger partial charge >= 0.3 is 0 Å². The van der Waals surface area contributed by atoms with Crippen molar-refractivity contribution in [1.82, 2.24) is 5.43 Å². The molecule has 0 aliphatic heterocycles. The Morgan fingerprint density at radius 1 is 1.31 bits per heavy atom. The van der Waals surface area contributed by atoms with Crippen LogP contribution in [-0.2, 0) is 0 Å². The molecule has 1 aromatic carbocycles. The van der Waals surface area contributed by atoms with E-state index >= 15 is 0 Å². The summed E-state index contributed by atoms with van der Waals surface area (Å²) >= 11 is 0. The molecule has 0 aliphatic rings. The number of nitrogens with one attached hydrogen (secondary N) is 1. The normalized spacial score (nSPS) is 9.69. The number of hydrogen-bond acceptors (Lipinski definition) is 4. The highest BCUT2D eigenvalue weighted by Crippen LogP contribution is 2.19. The summed E-state index contributed by atoms with van der Waals surface area (Å²) in [6, 6.07) is 2.10. The van der Waals surface area contributed by atoms with Crippen molar-refractivity contribution in [3.8, 4) is 0 Å². The number of carbonyl (C=O) groups excluding carboxylic acids is 1. The van der Waals surface area contributed by atoms with Crippen molar-refractivity contribution in [2.75, 3.05) is 11.5 Å². The summed E-state index contributed by atoms with van der Waals surface area (Å²) in [6.07, 6.45) is 0. The molecule has 0 aliphatic carbocycles. The van der Waals surface area contributed by atoms with Gasteiger partial charge in [-0.05, 0) is 12.1 Å². The Morgan fingerprint density at radius 2 is 1.92 bits per heavy atom. The molecule has 0 fully saturated rings. The van der Waals surface area contributed by atoms with Gasteiger partial charge in [0.05, 0.1) is 11.3 Å². The number of hydrogen-bond donors (Lipinski definition) is 4. The van der Waals surface area contributed by atoms with E-state index in [4.69, 9.17) is 17.3 Å². The molecule has 0 atom stereocenters. The topological polar surface area (TPSA) is 107 Å². The lowest BCUT2D eigenvalue weighted by atomic mass is 10.1. The van der Waals surface area contributed by atoms with E-state index in [0.29, 0.717) is 0 Å². The molecule has 5 nitrogen and oxygen atoms in total. The first-order valence-electron chi connectivity index (χ1n) is 3.41. The summed E-state index contributed by atoms with van der Waals surface area (Å²) in [5.41, 5.74) is 12.4. The molecule has 1 aromatic rings. The average molecular weight is 184 g/mol. The quantitative estimate of drug-likeness (QED) is 0.206. The van der Waals surface area contributed by atoms with Crippen molar-refractivity contribution < 1.29 is 9.18 Å². The van der Waals surface area contributed by atoms with Crippen LogP contribution < -0.4 is 22.7 Å². The van der Waals surface area contributed by atoms with E-state index < -0.39 is 11.7 Å². The first-order chi connectivity index (χ1) is 6.06. The molecule has 13 heavy (non-hydrogen) atoms. The summed E-state index contributed by atoms with van der Waals surface area (Å²) in [5.74, 6) is 3.60. The first kappa shape index (κ1) is 9.27. The number of nitrogens with two attached hydrogens (primary N) is 3. The Bertz CT molecular complexity index is 353. The lowest BCUT2D eigenvalue weighted by molar-refractivity contribution is 0.0954. The van der Waals surface area contributed by atoms with Gasteiger partial charge in [0.2, 0.25) is 0 Å². The highest BCUT2D eigenvalue weighted by Gasteiger charge is 2.11. The van der Waals surface area contributed by atoms with Crippen molar-refractivity contribution in [2.45, 2.75) is 0 Å². The van der Waals surface area contributed by atoms with Crippen LogP contribution in [0.5, 0.6) is 0 Å². The maximum Gasteiger partial charge on any atom is 0.267 e. The number of benzene rings is 1. The highest BCUT2D eigenvalue weighted by molar-refractivity contribution is 5.99. The monoisotopic (exact) mass is 184 g/mol. The van der Waals surface area contributed by atoms with Crippen molar-refractivity contribution in [3.63, 3.8) is 0 Å². The fourth-order valence-corrected chi connectivity index (χ4v) is 0.880. The molecule has 0 spiro atoms. The average Bonchev–Trinajstić information content (AvgIpc) is 2.10. The zero-order chi connectivity index (χ0) is 10.0. The Kier molecular flexibility index (Phi) is 2.34. The molecule has 0 heterocycles. The van der Waals surface area contributed by atoms with E-state index in [1.807, 2.05) is 5.43 Å². The van der Waals surface area contributed by atoms with Crippen LogP contribution in [-0.4, -0.2) is 5.91 Å². The second-order valence-electron chi connectivity index (χ2n) is 2.43. The van der Waals surface area contributed by atoms with Crippen molar-refractivity contribution in [2.24, 2.45) is 5.84 Å². The summed E-state index contributed by atoms with van der Waals surface area (Å²) in [4.78, 5) is 11.0. The van der Waals surface area contributed by atoms with Crippen molar-refractivity contribution in [1.29, 1.82) is 0 Å². The Hall–Kier alpha value is -1.82. The van der Waals surface area contributed by atoms with Gasteiger partial charge in [-0.15, -0.1) is 0 Å². The SMILES string of the molecule is NNC(=O)c1cc(N)c(F)cc1N. The maximum atomic E-state index is 12.8. The smallest absolute Gasteiger partial charge is 0.267 e. The van der Waals surface area contributed by atoms with Gasteiger partial charge in [-0.2, -0.15) is 0 Å². The molecule has 0 bridgehead atoms. The van der Waals surface area contributed by atoms with Crippen molar-refractivity contribution in [3.05, 3.63) is 23.5 Å². The van der Waals surface area contributed by atoms with E-state index in [-0.39, 0.29) is 16.9 Å². The minimum atomic E-state index is -0.661. The predicted molar refractivity (Wildman–Crippen MR) is 46.9 cm³/mol. The van der Waals surface area contributed by atoms with Crippen LogP contribution in [0.4, 0.5) is 15.8 Å². The summed E-state index contributed by atoms with van der Waals surface area (Å²) in [5, 5.41) is 0. The lowest BCUT2D eigenvalue weighted by Crippen LogP contribution is -2.30. The molecule has 0 aromatic heterocycles.